The zero-order valence-corrected chi connectivity index (χ0v) is 10.6. The second kappa shape index (κ2) is 3.90. The number of rotatable bonds is 1. The lowest BCUT2D eigenvalue weighted by atomic mass is 9.94. The molecule has 2 aromatic carbocycles. The summed E-state index contributed by atoms with van der Waals surface area (Å²) in [5, 5.41) is 0.937. The van der Waals surface area contributed by atoms with Gasteiger partial charge in [0.25, 0.3) is 0 Å². The zero-order chi connectivity index (χ0) is 13.7. The van der Waals surface area contributed by atoms with E-state index in [9.17, 15) is 9.59 Å². The first-order chi connectivity index (χ1) is 9.77. The van der Waals surface area contributed by atoms with Gasteiger partial charge in [0, 0.05) is 28.2 Å². The van der Waals surface area contributed by atoms with Crippen molar-refractivity contribution in [3.05, 3.63) is 71.4 Å². The van der Waals surface area contributed by atoms with Gasteiger partial charge >= 0.3 is 0 Å². The van der Waals surface area contributed by atoms with E-state index in [4.69, 9.17) is 0 Å². The van der Waals surface area contributed by atoms with Crippen molar-refractivity contribution in [2.45, 2.75) is 5.92 Å². The maximum absolute atomic E-state index is 12.5. The van der Waals surface area contributed by atoms with Crippen LogP contribution >= 0.6 is 0 Å². The van der Waals surface area contributed by atoms with Crippen LogP contribution in [0.2, 0.25) is 0 Å². The minimum Gasteiger partial charge on any atom is -0.361 e. The summed E-state index contributed by atoms with van der Waals surface area (Å²) < 4.78 is 0. The predicted molar refractivity (Wildman–Crippen MR) is 76.1 cm³/mol. The fraction of sp³-hybridized carbons (Fsp3) is 0.0588. The fourth-order valence-corrected chi connectivity index (χ4v) is 2.96. The highest BCUT2D eigenvalue weighted by molar-refractivity contribution is 6.30. The number of hydrogen-bond acceptors (Lipinski definition) is 2. The van der Waals surface area contributed by atoms with Crippen LogP contribution in [0.25, 0.3) is 10.9 Å². The Morgan fingerprint density at radius 3 is 2.10 bits per heavy atom. The highest BCUT2D eigenvalue weighted by atomic mass is 16.2. The molecular formula is C17H11NO2. The van der Waals surface area contributed by atoms with Gasteiger partial charge in [0.05, 0.1) is 0 Å². The molecule has 1 aliphatic rings. The van der Waals surface area contributed by atoms with Crippen molar-refractivity contribution in [3.8, 4) is 0 Å². The smallest absolute Gasteiger partial charge is 0.178 e. The molecule has 0 saturated carbocycles. The van der Waals surface area contributed by atoms with E-state index >= 15 is 0 Å². The lowest BCUT2D eigenvalue weighted by Crippen LogP contribution is -2.12. The van der Waals surface area contributed by atoms with E-state index < -0.39 is 5.92 Å². The normalized spacial score (nSPS) is 15.0. The first kappa shape index (κ1) is 11.2. The fourth-order valence-electron chi connectivity index (χ4n) is 2.96. The second-order valence-electron chi connectivity index (χ2n) is 5.00. The highest BCUT2D eigenvalue weighted by Crippen LogP contribution is 2.36. The molecule has 0 spiro atoms. The number of H-pyrrole nitrogens is 1. The number of carbonyl (C=O) groups is 2. The number of fused-ring (bicyclic) bond motifs is 2. The van der Waals surface area contributed by atoms with Crippen LogP contribution < -0.4 is 0 Å². The molecule has 1 aromatic heterocycles. The zero-order valence-electron chi connectivity index (χ0n) is 10.6. The third-order valence-electron chi connectivity index (χ3n) is 3.91. The van der Waals surface area contributed by atoms with Crippen LogP contribution in [0.3, 0.4) is 0 Å². The van der Waals surface area contributed by atoms with Crippen molar-refractivity contribution in [2.75, 3.05) is 0 Å². The molecule has 0 saturated heterocycles. The Balaban J connectivity index is 1.93. The Kier molecular flexibility index (Phi) is 2.18. The number of Topliss-reactive ketones (excluding diaryl/α,β-unsaturated/α-hetero) is 2. The van der Waals surface area contributed by atoms with Gasteiger partial charge in [0.15, 0.2) is 11.6 Å². The molecule has 0 bridgehead atoms. The summed E-state index contributed by atoms with van der Waals surface area (Å²) in [5.74, 6) is -0.908. The SMILES string of the molecule is O=C1c2ccccc2C(=O)C1c1c[nH]c2ccccc12. The van der Waals surface area contributed by atoms with Crippen molar-refractivity contribution in [2.24, 2.45) is 0 Å². The Hall–Kier alpha value is -2.68. The van der Waals surface area contributed by atoms with Gasteiger partial charge in [-0.3, -0.25) is 9.59 Å². The van der Waals surface area contributed by atoms with E-state index in [-0.39, 0.29) is 11.6 Å². The summed E-state index contributed by atoms with van der Waals surface area (Å²) in [6, 6.07) is 14.8. The molecule has 3 nitrogen and oxygen atoms in total. The number of aromatic amines is 1. The molecule has 1 aliphatic carbocycles. The number of nitrogens with one attached hydrogen (secondary N) is 1. The first-order valence-electron chi connectivity index (χ1n) is 6.51. The number of carbonyl (C=O) groups excluding carboxylic acids is 2. The summed E-state index contributed by atoms with van der Waals surface area (Å²) in [7, 11) is 0. The van der Waals surface area contributed by atoms with Crippen molar-refractivity contribution < 1.29 is 9.59 Å². The van der Waals surface area contributed by atoms with Crippen LogP contribution in [0.5, 0.6) is 0 Å². The largest absolute Gasteiger partial charge is 0.361 e. The summed E-state index contributed by atoms with van der Waals surface area (Å²) >= 11 is 0. The first-order valence-corrected chi connectivity index (χ1v) is 6.51. The average molecular weight is 261 g/mol. The lowest BCUT2D eigenvalue weighted by Gasteiger charge is -2.05. The highest BCUT2D eigenvalue weighted by Gasteiger charge is 2.40. The van der Waals surface area contributed by atoms with E-state index in [1.807, 2.05) is 24.3 Å². The topological polar surface area (TPSA) is 49.9 Å². The molecule has 0 aliphatic heterocycles. The lowest BCUT2D eigenvalue weighted by molar-refractivity contribution is 0.0891. The number of hydrogen-bond donors (Lipinski definition) is 1. The Bertz CT molecular complexity index is 825. The van der Waals surface area contributed by atoms with Gasteiger partial charge in [-0.2, -0.15) is 0 Å². The van der Waals surface area contributed by atoms with Crippen molar-refractivity contribution in [1.29, 1.82) is 0 Å². The molecule has 0 atom stereocenters. The summed E-state index contributed by atoms with van der Waals surface area (Å²) in [4.78, 5) is 28.2. The van der Waals surface area contributed by atoms with E-state index in [2.05, 4.69) is 4.98 Å². The second-order valence-corrected chi connectivity index (χ2v) is 5.00. The quantitative estimate of drug-likeness (QED) is 0.683. The van der Waals surface area contributed by atoms with Gasteiger partial charge in [0.1, 0.15) is 5.92 Å². The maximum Gasteiger partial charge on any atom is 0.178 e. The molecule has 1 heterocycles. The summed E-state index contributed by atoms with van der Waals surface area (Å²) in [5.41, 5.74) is 2.78. The predicted octanol–water partition coefficient (Wildman–Crippen LogP) is 3.33. The number of para-hydroxylation sites is 1. The molecule has 0 unspecified atom stereocenters. The number of benzene rings is 2. The Morgan fingerprint density at radius 1 is 0.800 bits per heavy atom. The van der Waals surface area contributed by atoms with Gasteiger partial charge in [-0.25, -0.2) is 0 Å². The summed E-state index contributed by atoms with van der Waals surface area (Å²) in [6.45, 7) is 0. The monoisotopic (exact) mass is 261 g/mol. The van der Waals surface area contributed by atoms with Crippen LogP contribution in [0, 0.1) is 0 Å². The molecule has 0 fully saturated rings. The van der Waals surface area contributed by atoms with E-state index in [0.29, 0.717) is 11.1 Å². The van der Waals surface area contributed by atoms with Crippen LogP contribution in [0.15, 0.2) is 54.7 Å². The molecule has 96 valence electrons. The van der Waals surface area contributed by atoms with Crippen LogP contribution in [0.1, 0.15) is 32.2 Å². The molecular weight excluding hydrogens is 250 g/mol. The van der Waals surface area contributed by atoms with E-state index in [0.717, 1.165) is 16.5 Å². The van der Waals surface area contributed by atoms with Crippen molar-refractivity contribution in [3.63, 3.8) is 0 Å². The molecule has 3 aromatic rings. The summed E-state index contributed by atoms with van der Waals surface area (Å²) in [6.07, 6.45) is 1.77. The maximum atomic E-state index is 12.5. The van der Waals surface area contributed by atoms with Gasteiger partial charge in [-0.1, -0.05) is 42.5 Å². The standard InChI is InChI=1S/C17H11NO2/c19-16-11-6-1-2-7-12(11)17(20)15(16)13-9-18-14-8-4-3-5-10(13)14/h1-9,15,18H. The van der Waals surface area contributed by atoms with Crippen LogP contribution in [-0.4, -0.2) is 16.6 Å². The van der Waals surface area contributed by atoms with Crippen molar-refractivity contribution in [1.82, 2.24) is 4.98 Å². The van der Waals surface area contributed by atoms with Gasteiger partial charge in [-0.05, 0) is 11.6 Å². The molecule has 1 N–H and O–H groups in total. The van der Waals surface area contributed by atoms with E-state index in [1.54, 1.807) is 30.5 Å². The van der Waals surface area contributed by atoms with Crippen LogP contribution in [-0.2, 0) is 0 Å². The number of ketones is 2. The molecule has 0 radical (unpaired) electrons. The van der Waals surface area contributed by atoms with E-state index in [1.165, 1.54) is 0 Å². The van der Waals surface area contributed by atoms with Crippen molar-refractivity contribution >= 4 is 22.5 Å². The molecule has 4 rings (SSSR count). The average Bonchev–Trinajstić information content (AvgIpc) is 3.01. The third-order valence-corrected chi connectivity index (χ3v) is 3.91. The van der Waals surface area contributed by atoms with Crippen LogP contribution in [0.4, 0.5) is 0 Å². The molecule has 0 amide bonds. The number of aromatic nitrogens is 1. The third kappa shape index (κ3) is 1.35. The minimum atomic E-state index is -0.705. The minimum absolute atomic E-state index is 0.102. The van der Waals surface area contributed by atoms with Gasteiger partial charge < -0.3 is 4.98 Å². The molecule has 3 heteroatoms. The molecule has 20 heavy (non-hydrogen) atoms. The van der Waals surface area contributed by atoms with Gasteiger partial charge in [-0.15, -0.1) is 0 Å². The Morgan fingerprint density at radius 2 is 1.40 bits per heavy atom. The van der Waals surface area contributed by atoms with Gasteiger partial charge in [0.2, 0.25) is 0 Å². The Labute approximate surface area is 115 Å².